The highest BCUT2D eigenvalue weighted by Crippen LogP contribution is 2.27. The summed E-state index contributed by atoms with van der Waals surface area (Å²) in [4.78, 5) is 29.1. The normalized spacial score (nSPS) is 12.2. The Labute approximate surface area is 263 Å². The molecule has 226 valence electrons. The molecule has 0 saturated carbocycles. The van der Waals surface area contributed by atoms with E-state index in [1.807, 2.05) is 75.4 Å². The van der Waals surface area contributed by atoms with Crippen molar-refractivity contribution in [2.75, 3.05) is 23.7 Å². The van der Waals surface area contributed by atoms with E-state index in [2.05, 4.69) is 21.2 Å². The Kier molecular flexibility index (Phi) is 12.4. The molecule has 3 aromatic rings. The van der Waals surface area contributed by atoms with Crippen molar-refractivity contribution in [3.8, 4) is 0 Å². The summed E-state index contributed by atoms with van der Waals surface area (Å²) in [5, 5.41) is 3.45. The lowest BCUT2D eigenvalue weighted by Gasteiger charge is -2.32. The second-order valence-corrected chi connectivity index (χ2v) is 14.1. The maximum Gasteiger partial charge on any atom is 0.243 e. The minimum atomic E-state index is -3.63. The number of hydrogen-bond acceptors (Lipinski definition) is 4. The molecule has 1 N–H and O–H groups in total. The number of rotatable bonds is 14. The van der Waals surface area contributed by atoms with Crippen molar-refractivity contribution in [3.05, 3.63) is 99.0 Å². The van der Waals surface area contributed by atoms with Crippen LogP contribution in [0.3, 0.4) is 0 Å². The second kappa shape index (κ2) is 15.5. The molecule has 0 unspecified atom stereocenters. The van der Waals surface area contributed by atoms with Crippen LogP contribution in [0.2, 0.25) is 5.02 Å². The van der Waals surface area contributed by atoms with Crippen LogP contribution in [0.5, 0.6) is 0 Å². The number of carbonyl (C=O) groups is 2. The molecular formula is C32H39BrClN3O4S. The molecule has 42 heavy (non-hydrogen) atoms. The summed E-state index contributed by atoms with van der Waals surface area (Å²) < 4.78 is 27.7. The summed E-state index contributed by atoms with van der Waals surface area (Å²) >= 11 is 9.63. The predicted octanol–water partition coefficient (Wildman–Crippen LogP) is 6.37. The number of anilines is 1. The first-order valence-corrected chi connectivity index (χ1v) is 17.0. The van der Waals surface area contributed by atoms with Crippen molar-refractivity contribution < 1.29 is 18.0 Å². The molecule has 1 atom stereocenters. The molecule has 0 radical (unpaired) electrons. The number of amides is 2. The van der Waals surface area contributed by atoms with Crippen LogP contribution in [0, 0.1) is 12.8 Å². The molecule has 0 aromatic heterocycles. The number of benzene rings is 3. The fourth-order valence-corrected chi connectivity index (χ4v) is 6.04. The summed E-state index contributed by atoms with van der Waals surface area (Å²) in [6.45, 7) is 6.69. The zero-order chi connectivity index (χ0) is 30.9. The largest absolute Gasteiger partial charge is 0.354 e. The Bertz CT molecular complexity index is 1450. The van der Waals surface area contributed by atoms with Crippen molar-refractivity contribution in [2.24, 2.45) is 5.92 Å². The topological polar surface area (TPSA) is 86.8 Å². The van der Waals surface area contributed by atoms with Gasteiger partial charge in [-0.2, -0.15) is 0 Å². The number of aryl methyl sites for hydroxylation is 1. The lowest BCUT2D eigenvalue weighted by Crippen LogP contribution is -2.51. The maximum absolute atomic E-state index is 13.9. The van der Waals surface area contributed by atoms with E-state index in [4.69, 9.17) is 11.6 Å². The van der Waals surface area contributed by atoms with Gasteiger partial charge in [-0.25, -0.2) is 8.42 Å². The molecule has 0 spiro atoms. The third kappa shape index (κ3) is 10.1. The van der Waals surface area contributed by atoms with Gasteiger partial charge in [0, 0.05) is 42.0 Å². The maximum atomic E-state index is 13.9. The zero-order valence-electron chi connectivity index (χ0n) is 24.5. The van der Waals surface area contributed by atoms with E-state index in [1.165, 1.54) is 4.31 Å². The highest BCUT2D eigenvalue weighted by molar-refractivity contribution is 9.10. The van der Waals surface area contributed by atoms with Gasteiger partial charge in [0.15, 0.2) is 0 Å². The lowest BCUT2D eigenvalue weighted by molar-refractivity contribution is -0.141. The second-order valence-electron chi connectivity index (χ2n) is 10.9. The van der Waals surface area contributed by atoms with Crippen molar-refractivity contribution in [1.29, 1.82) is 0 Å². The van der Waals surface area contributed by atoms with Gasteiger partial charge in [-0.15, -0.1) is 0 Å². The molecule has 3 aromatic carbocycles. The van der Waals surface area contributed by atoms with Crippen molar-refractivity contribution in [3.63, 3.8) is 0 Å². The van der Waals surface area contributed by atoms with Gasteiger partial charge in [-0.1, -0.05) is 89.9 Å². The molecule has 0 aliphatic carbocycles. The quantitative estimate of drug-likeness (QED) is 0.215. The molecule has 2 amide bonds. The first-order valence-electron chi connectivity index (χ1n) is 13.9. The van der Waals surface area contributed by atoms with Crippen LogP contribution in [-0.4, -0.2) is 50.5 Å². The van der Waals surface area contributed by atoms with E-state index in [9.17, 15) is 18.0 Å². The number of nitrogens with one attached hydrogen (secondary N) is 1. The van der Waals surface area contributed by atoms with E-state index in [0.29, 0.717) is 23.7 Å². The first-order chi connectivity index (χ1) is 19.8. The van der Waals surface area contributed by atoms with Crippen molar-refractivity contribution in [2.45, 2.75) is 52.6 Å². The fourth-order valence-electron chi connectivity index (χ4n) is 4.60. The van der Waals surface area contributed by atoms with Crippen LogP contribution in [0.15, 0.2) is 77.3 Å². The third-order valence-corrected chi connectivity index (χ3v) is 8.76. The molecule has 0 bridgehead atoms. The van der Waals surface area contributed by atoms with Crippen LogP contribution in [-0.2, 0) is 32.6 Å². The van der Waals surface area contributed by atoms with Crippen LogP contribution in [0.4, 0.5) is 5.69 Å². The molecule has 0 aliphatic rings. The minimum absolute atomic E-state index is 0.0604. The highest BCUT2D eigenvalue weighted by Gasteiger charge is 2.30. The molecular weight excluding hydrogens is 638 g/mol. The predicted molar refractivity (Wildman–Crippen MR) is 174 cm³/mol. The Morgan fingerprint density at radius 3 is 2.26 bits per heavy atom. The van der Waals surface area contributed by atoms with Gasteiger partial charge in [0.05, 0.1) is 11.9 Å². The van der Waals surface area contributed by atoms with Gasteiger partial charge in [-0.3, -0.25) is 13.9 Å². The van der Waals surface area contributed by atoms with Gasteiger partial charge in [0.1, 0.15) is 6.04 Å². The Morgan fingerprint density at radius 1 is 0.976 bits per heavy atom. The smallest absolute Gasteiger partial charge is 0.243 e. The van der Waals surface area contributed by atoms with E-state index >= 15 is 0 Å². The summed E-state index contributed by atoms with van der Waals surface area (Å²) in [7, 11) is -3.63. The average molecular weight is 677 g/mol. The van der Waals surface area contributed by atoms with E-state index in [-0.39, 0.29) is 43.7 Å². The summed E-state index contributed by atoms with van der Waals surface area (Å²) in [5.74, 6) is -0.195. The monoisotopic (exact) mass is 675 g/mol. The number of sulfonamides is 1. The first kappa shape index (κ1) is 33.6. The molecule has 0 saturated heterocycles. The standard InChI is InChI=1S/C32H39BrClN3O4S/c1-23(2)21-35-32(39)30(19-25-9-6-5-7-10-25)36(22-26-13-15-27(33)16-14-26)31(38)11-8-18-37(42(4,40)41)29-20-28(34)17-12-24(29)3/h5-7,9-10,12-17,20,23,30H,8,11,18-19,21-22H2,1-4H3,(H,35,39)/t30-/m1/s1. The van der Waals surface area contributed by atoms with Crippen molar-refractivity contribution in [1.82, 2.24) is 10.2 Å². The molecule has 3 rings (SSSR count). The third-order valence-electron chi connectivity index (χ3n) is 6.81. The number of carbonyl (C=O) groups excluding carboxylic acids is 2. The number of halogens is 2. The van der Waals surface area contributed by atoms with Gasteiger partial charge in [-0.05, 0) is 60.2 Å². The van der Waals surface area contributed by atoms with E-state index in [0.717, 1.165) is 27.4 Å². The summed E-state index contributed by atoms with van der Waals surface area (Å²) in [6, 6.07) is 21.6. The number of nitrogens with zero attached hydrogens (tertiary/aromatic N) is 2. The molecule has 7 nitrogen and oxygen atoms in total. The van der Waals surface area contributed by atoms with Crippen LogP contribution >= 0.6 is 27.5 Å². The van der Waals surface area contributed by atoms with Gasteiger partial charge in [0.25, 0.3) is 0 Å². The van der Waals surface area contributed by atoms with Gasteiger partial charge >= 0.3 is 0 Å². The Morgan fingerprint density at radius 2 is 1.64 bits per heavy atom. The molecule has 0 heterocycles. The fraction of sp³-hybridized carbons (Fsp3) is 0.375. The van der Waals surface area contributed by atoms with Gasteiger partial charge < -0.3 is 10.2 Å². The van der Waals surface area contributed by atoms with Gasteiger partial charge in [0.2, 0.25) is 21.8 Å². The minimum Gasteiger partial charge on any atom is -0.354 e. The van der Waals surface area contributed by atoms with E-state index in [1.54, 1.807) is 23.1 Å². The average Bonchev–Trinajstić information content (AvgIpc) is 2.94. The van der Waals surface area contributed by atoms with Crippen LogP contribution < -0.4 is 9.62 Å². The van der Waals surface area contributed by atoms with Crippen LogP contribution in [0.25, 0.3) is 0 Å². The summed E-state index contributed by atoms with van der Waals surface area (Å²) in [6.07, 6.45) is 1.82. The van der Waals surface area contributed by atoms with Crippen molar-refractivity contribution >= 4 is 55.1 Å². The Balaban J connectivity index is 1.89. The van der Waals surface area contributed by atoms with Crippen LogP contribution in [0.1, 0.15) is 43.4 Å². The number of hydrogen-bond donors (Lipinski definition) is 1. The summed E-state index contributed by atoms with van der Waals surface area (Å²) in [5.41, 5.74) is 3.07. The molecule has 0 fully saturated rings. The SMILES string of the molecule is Cc1ccc(Cl)cc1N(CCCC(=O)N(Cc1ccc(Br)cc1)[C@H](Cc1ccccc1)C(=O)NCC(C)C)S(C)(=O)=O. The van der Waals surface area contributed by atoms with E-state index < -0.39 is 16.1 Å². The Hall–Kier alpha value is -2.88. The highest BCUT2D eigenvalue weighted by atomic mass is 79.9. The zero-order valence-corrected chi connectivity index (χ0v) is 27.7. The molecule has 10 heteroatoms. The lowest BCUT2D eigenvalue weighted by atomic mass is 10.0. The molecule has 0 aliphatic heterocycles.